The highest BCUT2D eigenvalue weighted by Gasteiger charge is 2.23. The summed E-state index contributed by atoms with van der Waals surface area (Å²) in [5, 5.41) is 8.98. The van der Waals surface area contributed by atoms with Crippen molar-refractivity contribution in [1.29, 1.82) is 0 Å². The highest BCUT2D eigenvalue weighted by Crippen LogP contribution is 2.32. The average Bonchev–Trinajstić information content (AvgIpc) is 2.69. The molecule has 0 spiro atoms. The molecule has 112 valence electrons. The second-order valence-corrected chi connectivity index (χ2v) is 8.37. The molecule has 5 nitrogen and oxygen atoms in total. The Morgan fingerprint density at radius 2 is 2.10 bits per heavy atom. The maximum Gasteiger partial charge on any atom is 0.340 e. The summed E-state index contributed by atoms with van der Waals surface area (Å²) in [7, 11) is -3.98. The monoisotopic (exact) mass is 393 g/mol. The fourth-order valence-electron chi connectivity index (χ4n) is 1.59. The third kappa shape index (κ3) is 3.25. The Morgan fingerprint density at radius 3 is 2.62 bits per heavy atom. The van der Waals surface area contributed by atoms with E-state index in [1.807, 2.05) is 0 Å². The fraction of sp³-hybridized carbons (Fsp3) is 0.0833. The minimum absolute atomic E-state index is 0.00692. The molecule has 0 bridgehead atoms. The molecule has 0 saturated carbocycles. The van der Waals surface area contributed by atoms with E-state index in [9.17, 15) is 17.6 Å². The van der Waals surface area contributed by atoms with Gasteiger partial charge >= 0.3 is 5.97 Å². The summed E-state index contributed by atoms with van der Waals surface area (Å²) in [6.45, 7) is 1.73. The number of hydrogen-bond donors (Lipinski definition) is 2. The van der Waals surface area contributed by atoms with Gasteiger partial charge in [0.1, 0.15) is 15.6 Å². The molecular formula is C12H9BrFNO4S2. The van der Waals surface area contributed by atoms with Crippen LogP contribution in [0.5, 0.6) is 0 Å². The molecule has 21 heavy (non-hydrogen) atoms. The van der Waals surface area contributed by atoms with Gasteiger partial charge in [0.15, 0.2) is 0 Å². The second-order valence-electron chi connectivity index (χ2n) is 4.10. The molecule has 0 aliphatic rings. The molecular weight excluding hydrogens is 385 g/mol. The summed E-state index contributed by atoms with van der Waals surface area (Å²) in [5.74, 6) is -2.56. The first-order valence-corrected chi connectivity index (χ1v) is 8.62. The van der Waals surface area contributed by atoms with Crippen LogP contribution < -0.4 is 4.72 Å². The molecule has 2 N–H and O–H groups in total. The van der Waals surface area contributed by atoms with E-state index in [0.717, 1.165) is 23.0 Å². The zero-order chi connectivity index (χ0) is 15.8. The zero-order valence-electron chi connectivity index (χ0n) is 10.6. The van der Waals surface area contributed by atoms with Crippen molar-refractivity contribution < 1.29 is 22.7 Å². The van der Waals surface area contributed by atoms with Crippen LogP contribution in [-0.4, -0.2) is 19.5 Å². The molecule has 1 aromatic heterocycles. The standard InChI is InChI=1S/C12H9BrFNO4S2/c1-6-5-9(20-11(6)13)21(18,19)15-8-4-2-3-7(14)10(8)12(16)17/h2-5,15H,1H3,(H,16,17). The van der Waals surface area contributed by atoms with Gasteiger partial charge in [0.05, 0.1) is 9.47 Å². The van der Waals surface area contributed by atoms with Crippen LogP contribution in [0.3, 0.4) is 0 Å². The molecule has 2 aromatic rings. The van der Waals surface area contributed by atoms with Crippen molar-refractivity contribution in [2.75, 3.05) is 4.72 Å². The van der Waals surface area contributed by atoms with Gasteiger partial charge in [0.2, 0.25) is 0 Å². The first-order chi connectivity index (χ1) is 9.72. The molecule has 1 heterocycles. The Hall–Kier alpha value is -1.45. The van der Waals surface area contributed by atoms with E-state index in [1.54, 1.807) is 6.92 Å². The van der Waals surface area contributed by atoms with Crippen LogP contribution in [0.25, 0.3) is 0 Å². The van der Waals surface area contributed by atoms with Gasteiger partial charge < -0.3 is 5.11 Å². The van der Waals surface area contributed by atoms with Crippen molar-refractivity contribution in [3.8, 4) is 0 Å². The van der Waals surface area contributed by atoms with E-state index in [-0.39, 0.29) is 9.90 Å². The lowest BCUT2D eigenvalue weighted by Crippen LogP contribution is -2.15. The van der Waals surface area contributed by atoms with Crippen molar-refractivity contribution in [1.82, 2.24) is 0 Å². The number of nitrogens with one attached hydrogen (secondary N) is 1. The van der Waals surface area contributed by atoms with Gasteiger partial charge in [0, 0.05) is 0 Å². The van der Waals surface area contributed by atoms with Gasteiger partial charge in [-0.05, 0) is 46.6 Å². The number of rotatable bonds is 4. The first-order valence-electron chi connectivity index (χ1n) is 5.53. The summed E-state index contributed by atoms with van der Waals surface area (Å²) in [5.41, 5.74) is -0.295. The number of benzene rings is 1. The van der Waals surface area contributed by atoms with E-state index in [4.69, 9.17) is 5.11 Å². The molecule has 0 unspecified atom stereocenters. The van der Waals surface area contributed by atoms with Crippen LogP contribution in [-0.2, 0) is 10.0 Å². The van der Waals surface area contributed by atoms with E-state index < -0.39 is 27.4 Å². The maximum absolute atomic E-state index is 13.5. The average molecular weight is 394 g/mol. The molecule has 2 rings (SSSR count). The third-order valence-electron chi connectivity index (χ3n) is 2.57. The normalized spacial score (nSPS) is 11.4. The lowest BCUT2D eigenvalue weighted by molar-refractivity contribution is 0.0693. The van der Waals surface area contributed by atoms with Crippen LogP contribution >= 0.6 is 27.3 Å². The molecule has 0 amide bonds. The summed E-state index contributed by atoms with van der Waals surface area (Å²) >= 11 is 4.20. The number of halogens is 2. The van der Waals surface area contributed by atoms with Gasteiger partial charge in [-0.2, -0.15) is 0 Å². The lowest BCUT2D eigenvalue weighted by Gasteiger charge is -2.09. The highest BCUT2D eigenvalue weighted by molar-refractivity contribution is 9.11. The van der Waals surface area contributed by atoms with Crippen molar-refractivity contribution in [2.45, 2.75) is 11.1 Å². The number of anilines is 1. The maximum atomic E-state index is 13.5. The number of thiophene rings is 1. The lowest BCUT2D eigenvalue weighted by atomic mass is 10.2. The highest BCUT2D eigenvalue weighted by atomic mass is 79.9. The van der Waals surface area contributed by atoms with Crippen molar-refractivity contribution in [3.63, 3.8) is 0 Å². The Kier molecular flexibility index (Phi) is 4.35. The second kappa shape index (κ2) is 5.74. The topological polar surface area (TPSA) is 83.5 Å². The molecule has 0 aliphatic carbocycles. The Balaban J connectivity index is 2.47. The van der Waals surface area contributed by atoms with E-state index in [0.29, 0.717) is 3.79 Å². The Labute approximate surface area is 132 Å². The SMILES string of the molecule is Cc1cc(S(=O)(=O)Nc2cccc(F)c2C(=O)O)sc1Br. The number of carboxylic acid groups (broad SMARTS) is 1. The summed E-state index contributed by atoms with van der Waals surface area (Å²) in [6.07, 6.45) is 0. The number of carbonyl (C=O) groups is 1. The van der Waals surface area contributed by atoms with Crippen molar-refractivity contribution in [2.24, 2.45) is 0 Å². The molecule has 0 aliphatic heterocycles. The third-order valence-corrected chi connectivity index (χ3v) is 6.55. The number of aromatic carboxylic acids is 1. The molecule has 9 heteroatoms. The molecule has 0 radical (unpaired) electrons. The Bertz CT molecular complexity index is 797. The quantitative estimate of drug-likeness (QED) is 0.832. The minimum atomic E-state index is -3.98. The molecule has 0 fully saturated rings. The smallest absolute Gasteiger partial charge is 0.340 e. The summed E-state index contributed by atoms with van der Waals surface area (Å²) in [6, 6.07) is 4.82. The molecule has 0 saturated heterocycles. The van der Waals surface area contributed by atoms with Crippen LogP contribution in [0, 0.1) is 12.7 Å². The van der Waals surface area contributed by atoms with Gasteiger partial charge in [0.25, 0.3) is 10.0 Å². The fourth-order valence-corrected chi connectivity index (χ4v) is 4.88. The van der Waals surface area contributed by atoms with Gasteiger partial charge in [-0.3, -0.25) is 4.72 Å². The number of hydrogen-bond acceptors (Lipinski definition) is 4. The zero-order valence-corrected chi connectivity index (χ0v) is 13.8. The van der Waals surface area contributed by atoms with Crippen molar-refractivity contribution >= 4 is 48.9 Å². The predicted molar refractivity (Wildman–Crippen MR) is 80.9 cm³/mol. The van der Waals surface area contributed by atoms with Gasteiger partial charge in [-0.1, -0.05) is 6.07 Å². The Morgan fingerprint density at radius 1 is 1.43 bits per heavy atom. The van der Waals surface area contributed by atoms with E-state index in [2.05, 4.69) is 20.7 Å². The predicted octanol–water partition coefficient (Wildman–Crippen LogP) is 3.46. The first kappa shape index (κ1) is 15.9. The van der Waals surface area contributed by atoms with E-state index in [1.165, 1.54) is 18.2 Å². The van der Waals surface area contributed by atoms with Crippen LogP contribution in [0.1, 0.15) is 15.9 Å². The van der Waals surface area contributed by atoms with Gasteiger partial charge in [-0.15, -0.1) is 11.3 Å². The largest absolute Gasteiger partial charge is 0.478 e. The number of sulfonamides is 1. The minimum Gasteiger partial charge on any atom is -0.478 e. The van der Waals surface area contributed by atoms with Crippen LogP contribution in [0.15, 0.2) is 32.3 Å². The number of carboxylic acids is 1. The van der Waals surface area contributed by atoms with Gasteiger partial charge in [-0.25, -0.2) is 17.6 Å². The van der Waals surface area contributed by atoms with E-state index >= 15 is 0 Å². The van der Waals surface area contributed by atoms with Crippen LogP contribution in [0.2, 0.25) is 0 Å². The molecule has 1 aromatic carbocycles. The summed E-state index contributed by atoms with van der Waals surface area (Å²) in [4.78, 5) is 11.0. The number of aryl methyl sites for hydroxylation is 1. The van der Waals surface area contributed by atoms with Crippen molar-refractivity contribution in [3.05, 3.63) is 45.0 Å². The molecule has 0 atom stereocenters. The summed E-state index contributed by atoms with van der Waals surface area (Å²) < 4.78 is 40.7. The van der Waals surface area contributed by atoms with Crippen LogP contribution in [0.4, 0.5) is 10.1 Å².